The number of carbonyl (C=O) groups is 3. The van der Waals surface area contributed by atoms with E-state index in [1.807, 2.05) is 0 Å². The van der Waals surface area contributed by atoms with Crippen LogP contribution >= 0.6 is 24.0 Å². The number of carboxylic acids is 1. The highest BCUT2D eigenvalue weighted by Crippen LogP contribution is 2.32. The number of benzene rings is 1. The van der Waals surface area contributed by atoms with E-state index < -0.39 is 23.9 Å². The number of thiocarbonyl (C=S) groups is 1. The van der Waals surface area contributed by atoms with Crippen LogP contribution in [0.5, 0.6) is 5.75 Å². The molecule has 2 heterocycles. The van der Waals surface area contributed by atoms with E-state index in [2.05, 4.69) is 10.4 Å². The van der Waals surface area contributed by atoms with E-state index in [4.69, 9.17) is 22.1 Å². The highest BCUT2D eigenvalue weighted by Gasteiger charge is 2.33. The Labute approximate surface area is 175 Å². The van der Waals surface area contributed by atoms with Gasteiger partial charge in [0, 0.05) is 12.4 Å². The molecule has 0 radical (unpaired) electrons. The van der Waals surface area contributed by atoms with E-state index in [9.17, 15) is 14.4 Å². The molecule has 1 atom stereocenters. The Hall–Kier alpha value is -3.24. The van der Waals surface area contributed by atoms with Crippen molar-refractivity contribution in [3.63, 3.8) is 0 Å². The molecule has 1 fully saturated rings. The topological polar surface area (TPSA) is 109 Å². The minimum Gasteiger partial charge on any atom is -0.479 e. The Balaban J connectivity index is 1.74. The van der Waals surface area contributed by atoms with E-state index in [1.54, 1.807) is 42.5 Å². The van der Waals surface area contributed by atoms with Gasteiger partial charge in [-0.25, -0.2) is 4.79 Å². The molecule has 10 heteroatoms. The number of ether oxygens (including phenoxy) is 1. The van der Waals surface area contributed by atoms with Crippen molar-refractivity contribution in [2.75, 3.05) is 0 Å². The molecule has 0 bridgehead atoms. The van der Waals surface area contributed by atoms with Crippen molar-refractivity contribution in [2.24, 2.45) is 0 Å². The van der Waals surface area contributed by atoms with Crippen LogP contribution in [0.4, 0.5) is 0 Å². The lowest BCUT2D eigenvalue weighted by Gasteiger charge is -2.15. The Bertz CT molecular complexity index is 1010. The number of hydrogen-bond donors (Lipinski definition) is 2. The van der Waals surface area contributed by atoms with Crippen LogP contribution in [-0.4, -0.2) is 43.3 Å². The Morgan fingerprint density at radius 3 is 2.83 bits per heavy atom. The lowest BCUT2D eigenvalue weighted by molar-refractivity contribution is -0.144. The van der Waals surface area contributed by atoms with Gasteiger partial charge in [-0.3, -0.25) is 20.0 Å². The highest BCUT2D eigenvalue weighted by atomic mass is 32.2. The summed E-state index contributed by atoms with van der Waals surface area (Å²) < 4.78 is 5.52. The molecular weight excluding hydrogens is 414 g/mol. The SMILES string of the molecule is CC(Oc1cccc(/C=C2/SC(=S)N(NC(=O)c3cccnc3)C2=O)c1)C(=O)O. The van der Waals surface area contributed by atoms with Crippen LogP contribution < -0.4 is 10.2 Å². The molecule has 29 heavy (non-hydrogen) atoms. The predicted molar refractivity (Wildman–Crippen MR) is 111 cm³/mol. The van der Waals surface area contributed by atoms with Crippen LogP contribution in [0.25, 0.3) is 6.08 Å². The minimum atomic E-state index is -1.08. The number of aliphatic carboxylic acids is 1. The second-order valence-electron chi connectivity index (χ2n) is 5.87. The number of carbonyl (C=O) groups excluding carboxylic acids is 2. The lowest BCUT2D eigenvalue weighted by Crippen LogP contribution is -2.44. The Morgan fingerprint density at radius 2 is 2.14 bits per heavy atom. The second kappa shape index (κ2) is 8.84. The Kier molecular flexibility index (Phi) is 6.25. The number of aromatic nitrogens is 1. The largest absolute Gasteiger partial charge is 0.479 e. The molecule has 2 amide bonds. The number of pyridine rings is 1. The fraction of sp³-hybridized carbons (Fsp3) is 0.105. The summed E-state index contributed by atoms with van der Waals surface area (Å²) in [4.78, 5) is 40.0. The summed E-state index contributed by atoms with van der Waals surface area (Å²) in [5, 5.41) is 9.95. The first-order valence-electron chi connectivity index (χ1n) is 8.33. The zero-order chi connectivity index (χ0) is 21.0. The van der Waals surface area contributed by atoms with Crippen molar-refractivity contribution in [3.8, 4) is 5.75 Å². The molecular formula is C19H15N3O5S2. The maximum Gasteiger partial charge on any atom is 0.344 e. The Morgan fingerprint density at radius 1 is 1.34 bits per heavy atom. The molecule has 8 nitrogen and oxygen atoms in total. The maximum atomic E-state index is 12.6. The number of hydrazine groups is 1. The summed E-state index contributed by atoms with van der Waals surface area (Å²) in [6, 6.07) is 9.83. The van der Waals surface area contributed by atoms with Crippen LogP contribution in [0.2, 0.25) is 0 Å². The van der Waals surface area contributed by atoms with Crippen molar-refractivity contribution < 1.29 is 24.2 Å². The van der Waals surface area contributed by atoms with E-state index in [1.165, 1.54) is 19.3 Å². The van der Waals surface area contributed by atoms with Crippen molar-refractivity contribution >= 4 is 52.2 Å². The second-order valence-corrected chi connectivity index (χ2v) is 7.55. The van der Waals surface area contributed by atoms with E-state index >= 15 is 0 Å². The van der Waals surface area contributed by atoms with Gasteiger partial charge in [-0.1, -0.05) is 23.9 Å². The smallest absolute Gasteiger partial charge is 0.344 e. The molecule has 148 valence electrons. The van der Waals surface area contributed by atoms with Gasteiger partial charge in [0.05, 0.1) is 10.5 Å². The van der Waals surface area contributed by atoms with Gasteiger partial charge in [-0.2, -0.15) is 5.01 Å². The molecule has 1 saturated heterocycles. The van der Waals surface area contributed by atoms with E-state index in [0.29, 0.717) is 21.8 Å². The minimum absolute atomic E-state index is 0.186. The first-order valence-corrected chi connectivity index (χ1v) is 9.56. The zero-order valence-electron chi connectivity index (χ0n) is 15.1. The van der Waals surface area contributed by atoms with Gasteiger partial charge >= 0.3 is 5.97 Å². The molecule has 1 aliphatic rings. The summed E-state index contributed by atoms with van der Waals surface area (Å²) in [6.07, 6.45) is 3.50. The fourth-order valence-electron chi connectivity index (χ4n) is 2.31. The molecule has 1 unspecified atom stereocenters. The summed E-state index contributed by atoms with van der Waals surface area (Å²) in [7, 11) is 0. The molecule has 0 spiro atoms. The van der Waals surface area contributed by atoms with Crippen molar-refractivity contribution in [1.82, 2.24) is 15.4 Å². The van der Waals surface area contributed by atoms with Crippen molar-refractivity contribution in [1.29, 1.82) is 0 Å². The van der Waals surface area contributed by atoms with Crippen molar-refractivity contribution in [2.45, 2.75) is 13.0 Å². The fourth-order valence-corrected chi connectivity index (χ4v) is 3.49. The number of hydrogen-bond acceptors (Lipinski definition) is 7. The maximum absolute atomic E-state index is 12.6. The first-order chi connectivity index (χ1) is 13.8. The molecule has 1 aromatic carbocycles. The predicted octanol–water partition coefficient (Wildman–Crippen LogP) is 2.48. The summed E-state index contributed by atoms with van der Waals surface area (Å²) >= 11 is 6.24. The summed E-state index contributed by atoms with van der Waals surface area (Å²) in [6.45, 7) is 1.42. The summed E-state index contributed by atoms with van der Waals surface area (Å²) in [5.74, 6) is -1.70. The molecule has 2 aromatic rings. The third kappa shape index (κ3) is 4.98. The van der Waals surface area contributed by atoms with Crippen LogP contribution in [-0.2, 0) is 9.59 Å². The monoisotopic (exact) mass is 429 g/mol. The lowest BCUT2D eigenvalue weighted by atomic mass is 10.2. The van der Waals surface area contributed by atoms with Crippen LogP contribution in [0.15, 0.2) is 53.7 Å². The third-order valence-electron chi connectivity index (χ3n) is 3.75. The number of amides is 2. The molecule has 0 aliphatic carbocycles. The number of nitrogens with zero attached hydrogens (tertiary/aromatic N) is 2. The average Bonchev–Trinajstić information content (AvgIpc) is 2.96. The normalized spacial score (nSPS) is 16.0. The molecule has 0 saturated carbocycles. The van der Waals surface area contributed by atoms with Crippen LogP contribution in [0.1, 0.15) is 22.8 Å². The third-order valence-corrected chi connectivity index (χ3v) is 5.05. The van der Waals surface area contributed by atoms with Crippen molar-refractivity contribution in [3.05, 3.63) is 64.8 Å². The molecule has 1 aromatic heterocycles. The first kappa shape index (κ1) is 20.5. The van der Waals surface area contributed by atoms with Gasteiger partial charge in [-0.15, -0.1) is 0 Å². The van der Waals surface area contributed by atoms with Gasteiger partial charge in [0.1, 0.15) is 5.75 Å². The number of carboxylic acid groups (broad SMARTS) is 1. The highest BCUT2D eigenvalue weighted by molar-refractivity contribution is 8.26. The number of rotatable bonds is 6. The standard InChI is InChI=1S/C19H15N3O5S2/c1-11(18(25)26)27-14-6-2-4-12(8-14)9-15-17(24)22(19(28)29-15)21-16(23)13-5-3-7-20-10-13/h2-11H,1H3,(H,21,23)(H,25,26)/b15-9+. The molecule has 2 N–H and O–H groups in total. The number of nitrogens with one attached hydrogen (secondary N) is 1. The van der Waals surface area contributed by atoms with Crippen LogP contribution in [0, 0.1) is 0 Å². The molecule has 3 rings (SSSR count). The molecule has 1 aliphatic heterocycles. The van der Waals surface area contributed by atoms with Crippen LogP contribution in [0.3, 0.4) is 0 Å². The van der Waals surface area contributed by atoms with Gasteiger partial charge < -0.3 is 9.84 Å². The summed E-state index contributed by atoms with van der Waals surface area (Å²) in [5.41, 5.74) is 3.39. The quantitative estimate of drug-likeness (QED) is 0.533. The van der Waals surface area contributed by atoms with Gasteiger partial charge in [0.2, 0.25) is 0 Å². The van der Waals surface area contributed by atoms with E-state index in [-0.39, 0.29) is 4.32 Å². The van der Waals surface area contributed by atoms with Gasteiger partial charge in [0.25, 0.3) is 11.8 Å². The van der Waals surface area contributed by atoms with Gasteiger partial charge in [0.15, 0.2) is 10.4 Å². The zero-order valence-corrected chi connectivity index (χ0v) is 16.7. The van der Waals surface area contributed by atoms with E-state index in [0.717, 1.165) is 16.8 Å². The van der Waals surface area contributed by atoms with Gasteiger partial charge in [-0.05, 0) is 55.0 Å². The number of thioether (sulfide) groups is 1. The average molecular weight is 429 g/mol.